The Bertz CT molecular complexity index is 725. The Balaban J connectivity index is 1.30. The fourth-order valence-corrected chi connectivity index (χ4v) is 7.62. The van der Waals surface area contributed by atoms with E-state index in [0.717, 1.165) is 37.4 Å². The van der Waals surface area contributed by atoms with Crippen LogP contribution < -0.4 is 5.73 Å². The minimum atomic E-state index is 0.462. The van der Waals surface area contributed by atoms with Crippen LogP contribution in [-0.4, -0.2) is 31.1 Å². The van der Waals surface area contributed by atoms with Gasteiger partial charge in [0.25, 0.3) is 0 Å². The van der Waals surface area contributed by atoms with Crippen LogP contribution in [0.4, 0.5) is 0 Å². The average Bonchev–Trinajstić information content (AvgIpc) is 2.74. The number of hydrogen-bond donors (Lipinski definition) is 1. The molecule has 0 atom stereocenters. The van der Waals surface area contributed by atoms with Crippen molar-refractivity contribution in [3.05, 3.63) is 71.8 Å². The van der Waals surface area contributed by atoms with Gasteiger partial charge in [0.2, 0.25) is 0 Å². The van der Waals surface area contributed by atoms with Gasteiger partial charge in [0, 0.05) is 25.6 Å². The molecule has 160 valence electrons. The zero-order chi connectivity index (χ0) is 20.4. The molecule has 0 radical (unpaired) electrons. The molecule has 2 heteroatoms. The highest BCUT2D eigenvalue weighted by molar-refractivity contribution is 5.32. The summed E-state index contributed by atoms with van der Waals surface area (Å²) in [7, 11) is 0. The molecule has 2 aromatic rings. The number of nitrogens with zero attached hydrogens (tertiary/aromatic N) is 1. The van der Waals surface area contributed by atoms with Crippen LogP contribution in [0.5, 0.6) is 0 Å². The van der Waals surface area contributed by atoms with Crippen LogP contribution in [-0.2, 0) is 0 Å². The molecule has 4 fully saturated rings. The van der Waals surface area contributed by atoms with E-state index >= 15 is 0 Å². The molecule has 0 aliphatic heterocycles. The van der Waals surface area contributed by atoms with Gasteiger partial charge in [-0.15, -0.1) is 0 Å². The quantitative estimate of drug-likeness (QED) is 0.584. The average molecular weight is 403 g/mol. The van der Waals surface area contributed by atoms with Crippen molar-refractivity contribution in [1.29, 1.82) is 0 Å². The number of benzene rings is 2. The summed E-state index contributed by atoms with van der Waals surface area (Å²) in [4.78, 5) is 2.73. The second kappa shape index (κ2) is 8.85. The van der Waals surface area contributed by atoms with E-state index in [1.54, 1.807) is 0 Å². The fraction of sp³-hybridized carbons (Fsp3) is 0.571. The lowest BCUT2D eigenvalue weighted by Gasteiger charge is -2.58. The molecule has 30 heavy (non-hydrogen) atoms. The maximum atomic E-state index is 6.08. The van der Waals surface area contributed by atoms with Crippen LogP contribution >= 0.6 is 0 Å². The molecule has 6 rings (SSSR count). The van der Waals surface area contributed by atoms with Crippen LogP contribution in [0.25, 0.3) is 0 Å². The number of rotatable bonds is 9. The highest BCUT2D eigenvalue weighted by Crippen LogP contribution is 2.60. The van der Waals surface area contributed by atoms with Gasteiger partial charge in [-0.2, -0.15) is 0 Å². The van der Waals surface area contributed by atoms with Crippen molar-refractivity contribution < 1.29 is 0 Å². The SMILES string of the molecule is NCCN(CCC(c1ccccc1)c1ccccc1)CC12CC3CC(CC(C3)C1)C2. The van der Waals surface area contributed by atoms with E-state index in [1.807, 2.05) is 0 Å². The summed E-state index contributed by atoms with van der Waals surface area (Å²) in [6.45, 7) is 4.24. The fourth-order valence-electron chi connectivity index (χ4n) is 7.62. The lowest BCUT2D eigenvalue weighted by molar-refractivity contribution is -0.0689. The summed E-state index contributed by atoms with van der Waals surface area (Å²) in [5.41, 5.74) is 9.55. The Labute approximate surface area is 182 Å². The van der Waals surface area contributed by atoms with E-state index in [0.29, 0.717) is 11.3 Å². The standard InChI is InChI=1S/C28H38N2/c29-12-14-30(21-28-18-22-15-23(19-28)17-24(16-22)20-28)13-11-27(25-7-3-1-4-8-25)26-9-5-2-6-10-26/h1-10,22-24,27H,11-21,29H2. The summed E-state index contributed by atoms with van der Waals surface area (Å²) < 4.78 is 0. The molecule has 0 spiro atoms. The van der Waals surface area contributed by atoms with Gasteiger partial charge in [0.1, 0.15) is 0 Å². The predicted molar refractivity (Wildman–Crippen MR) is 125 cm³/mol. The Morgan fingerprint density at radius 3 is 1.73 bits per heavy atom. The Morgan fingerprint density at radius 1 is 0.767 bits per heavy atom. The Morgan fingerprint density at radius 2 is 1.27 bits per heavy atom. The molecular formula is C28H38N2. The van der Waals surface area contributed by atoms with Gasteiger partial charge >= 0.3 is 0 Å². The molecule has 0 aromatic heterocycles. The zero-order valence-corrected chi connectivity index (χ0v) is 18.4. The lowest BCUT2D eigenvalue weighted by Crippen LogP contribution is -2.52. The van der Waals surface area contributed by atoms with Crippen molar-refractivity contribution in [3.8, 4) is 0 Å². The highest BCUT2D eigenvalue weighted by atomic mass is 15.1. The Kier molecular flexibility index (Phi) is 5.98. The monoisotopic (exact) mass is 402 g/mol. The third-order valence-corrected chi connectivity index (χ3v) is 8.31. The minimum absolute atomic E-state index is 0.462. The third-order valence-electron chi connectivity index (χ3n) is 8.31. The second-order valence-electron chi connectivity index (χ2n) is 10.6. The lowest BCUT2D eigenvalue weighted by atomic mass is 9.49. The number of hydrogen-bond acceptors (Lipinski definition) is 2. The van der Waals surface area contributed by atoms with Gasteiger partial charge in [0.05, 0.1) is 0 Å². The van der Waals surface area contributed by atoms with Crippen molar-refractivity contribution in [1.82, 2.24) is 4.90 Å². The topological polar surface area (TPSA) is 29.3 Å². The molecule has 2 aromatic carbocycles. The molecule has 4 bridgehead atoms. The molecule has 2 N–H and O–H groups in total. The molecule has 0 saturated heterocycles. The van der Waals surface area contributed by atoms with E-state index in [9.17, 15) is 0 Å². The van der Waals surface area contributed by atoms with Crippen LogP contribution in [0.3, 0.4) is 0 Å². The van der Waals surface area contributed by atoms with Crippen molar-refractivity contribution in [2.24, 2.45) is 28.9 Å². The molecule has 4 aliphatic rings. The van der Waals surface area contributed by atoms with Gasteiger partial charge in [-0.05, 0) is 85.8 Å². The van der Waals surface area contributed by atoms with Crippen LogP contribution in [0.1, 0.15) is 62.0 Å². The summed E-state index contributed by atoms with van der Waals surface area (Å²) in [5, 5.41) is 0. The third kappa shape index (κ3) is 4.36. The molecule has 0 heterocycles. The first-order valence-electron chi connectivity index (χ1n) is 12.3. The zero-order valence-electron chi connectivity index (χ0n) is 18.4. The molecule has 0 unspecified atom stereocenters. The maximum Gasteiger partial charge on any atom is 0.0105 e. The van der Waals surface area contributed by atoms with Crippen molar-refractivity contribution >= 4 is 0 Å². The van der Waals surface area contributed by atoms with Gasteiger partial charge in [0.15, 0.2) is 0 Å². The maximum absolute atomic E-state index is 6.08. The molecule has 0 amide bonds. The molecular weight excluding hydrogens is 364 g/mol. The van der Waals surface area contributed by atoms with Gasteiger partial charge in [-0.1, -0.05) is 60.7 Å². The van der Waals surface area contributed by atoms with Crippen LogP contribution in [0, 0.1) is 23.2 Å². The minimum Gasteiger partial charge on any atom is -0.329 e. The normalized spacial score (nSPS) is 29.8. The van der Waals surface area contributed by atoms with E-state index in [4.69, 9.17) is 5.73 Å². The van der Waals surface area contributed by atoms with E-state index in [2.05, 4.69) is 65.6 Å². The van der Waals surface area contributed by atoms with Crippen LogP contribution in [0.15, 0.2) is 60.7 Å². The summed E-state index contributed by atoms with van der Waals surface area (Å²) in [6, 6.07) is 22.1. The second-order valence-corrected chi connectivity index (χ2v) is 10.6. The molecule has 4 saturated carbocycles. The van der Waals surface area contributed by atoms with Gasteiger partial charge < -0.3 is 10.6 Å². The van der Waals surface area contributed by atoms with Crippen LogP contribution in [0.2, 0.25) is 0 Å². The number of nitrogens with two attached hydrogens (primary N) is 1. The van der Waals surface area contributed by atoms with E-state index in [-0.39, 0.29) is 0 Å². The van der Waals surface area contributed by atoms with Gasteiger partial charge in [-0.25, -0.2) is 0 Å². The van der Waals surface area contributed by atoms with E-state index in [1.165, 1.54) is 62.6 Å². The van der Waals surface area contributed by atoms with Gasteiger partial charge in [-0.3, -0.25) is 0 Å². The highest BCUT2D eigenvalue weighted by Gasteiger charge is 2.51. The Hall–Kier alpha value is -1.64. The first-order valence-corrected chi connectivity index (χ1v) is 12.3. The van der Waals surface area contributed by atoms with E-state index < -0.39 is 0 Å². The first-order chi connectivity index (χ1) is 14.7. The van der Waals surface area contributed by atoms with Crippen molar-refractivity contribution in [2.75, 3.05) is 26.2 Å². The molecule has 2 nitrogen and oxygen atoms in total. The van der Waals surface area contributed by atoms with Crippen molar-refractivity contribution in [3.63, 3.8) is 0 Å². The largest absolute Gasteiger partial charge is 0.329 e. The predicted octanol–water partition coefficient (Wildman–Crippen LogP) is 5.69. The smallest absolute Gasteiger partial charge is 0.0105 e. The first kappa shape index (κ1) is 20.3. The summed E-state index contributed by atoms with van der Waals surface area (Å²) in [5.74, 6) is 3.54. The summed E-state index contributed by atoms with van der Waals surface area (Å²) in [6.07, 6.45) is 10.2. The molecule has 4 aliphatic carbocycles. The summed E-state index contributed by atoms with van der Waals surface area (Å²) >= 11 is 0. The van der Waals surface area contributed by atoms with Crippen molar-refractivity contribution in [2.45, 2.75) is 50.9 Å².